The van der Waals surface area contributed by atoms with Crippen LogP contribution in [-0.4, -0.2) is 95.9 Å². The van der Waals surface area contributed by atoms with Gasteiger partial charge in [-0.1, -0.05) is 383 Å². The molecule has 0 aromatic heterocycles. The zero-order valence-corrected chi connectivity index (χ0v) is 76.8. The van der Waals surface area contributed by atoms with Crippen LogP contribution in [0.15, 0.2) is 182 Å². The van der Waals surface area contributed by atoms with Gasteiger partial charge in [-0.25, -0.2) is 9.13 Å². The third-order valence-electron chi connectivity index (χ3n) is 19.6. The van der Waals surface area contributed by atoms with E-state index >= 15 is 0 Å². The topological polar surface area (TPSA) is 231 Å². The van der Waals surface area contributed by atoms with Gasteiger partial charge in [-0.05, 0) is 161 Å². The summed E-state index contributed by atoms with van der Waals surface area (Å²) in [4.78, 5) is 59.1. The van der Waals surface area contributed by atoms with E-state index in [2.05, 4.69) is 203 Å². The Kier molecular flexibility index (Phi) is 87.7. The normalized spacial score (nSPS) is 14.6. The molecule has 0 aliphatic carbocycles. The zero-order chi connectivity index (χ0) is 86.5. The van der Waals surface area contributed by atoms with E-state index in [1.807, 2.05) is 0 Å². The highest BCUT2D eigenvalue weighted by Crippen LogP contribution is 2.45. The first-order valence-corrected chi connectivity index (χ1v) is 50.1. The maximum Gasteiger partial charge on any atom is 0.472 e. The molecule has 5 atom stereocenters. The predicted molar refractivity (Wildman–Crippen MR) is 500 cm³/mol. The summed E-state index contributed by atoms with van der Waals surface area (Å²) in [5.41, 5.74) is 0. The van der Waals surface area contributed by atoms with Crippen molar-refractivity contribution < 1.29 is 75.8 Å². The molecule has 0 aliphatic heterocycles. The number of aliphatic hydroxyl groups is 2. The van der Waals surface area contributed by atoms with Gasteiger partial charge in [0.25, 0.3) is 0 Å². The number of ether oxygens (including phenoxy) is 3. The van der Waals surface area contributed by atoms with Gasteiger partial charge < -0.3 is 34.2 Å². The average molecular weight is 1700 g/mol. The minimum atomic E-state index is -4.95. The highest BCUT2D eigenvalue weighted by atomic mass is 31.2. The molecule has 0 fully saturated rings. The lowest BCUT2D eigenvalue weighted by Gasteiger charge is -2.21. The molecule has 4 N–H and O–H groups in total. The Morgan fingerprint density at radius 1 is 0.244 bits per heavy atom. The Balaban J connectivity index is 4.65. The van der Waals surface area contributed by atoms with Crippen LogP contribution in [0.25, 0.3) is 0 Å². The van der Waals surface area contributed by atoms with Crippen molar-refractivity contribution in [2.75, 3.05) is 39.6 Å². The van der Waals surface area contributed by atoms with Gasteiger partial charge in [0, 0.05) is 19.3 Å². The van der Waals surface area contributed by atoms with Crippen molar-refractivity contribution in [2.45, 2.75) is 399 Å². The molecule has 0 bridgehead atoms. The first kappa shape index (κ1) is 114. The Morgan fingerprint density at radius 2 is 0.445 bits per heavy atom. The Bertz CT molecular complexity index is 2890. The minimum absolute atomic E-state index is 0.0901. The summed E-state index contributed by atoms with van der Waals surface area (Å²) in [6.07, 6.45) is 121. The maximum absolute atomic E-state index is 13.1. The summed E-state index contributed by atoms with van der Waals surface area (Å²) in [6, 6.07) is 0. The van der Waals surface area contributed by atoms with Crippen LogP contribution in [0.5, 0.6) is 0 Å². The van der Waals surface area contributed by atoms with Crippen molar-refractivity contribution in [3.05, 3.63) is 182 Å². The first-order valence-electron chi connectivity index (χ1n) is 47.1. The summed E-state index contributed by atoms with van der Waals surface area (Å²) < 4.78 is 61.5. The maximum atomic E-state index is 13.1. The van der Waals surface area contributed by atoms with Crippen molar-refractivity contribution >= 4 is 33.6 Å². The standard InChI is InChI=1S/C101H170O16P2/c1-4-7-10-13-16-19-22-25-28-31-34-37-40-43-45-46-47-48-50-53-54-57-60-63-66-69-72-75-78-81-84-87-99(104)111-90-96(102)91-113-118(107,108)114-92-97(103)93-115-119(109,110)116-95-98(117-101(106)89-86-83-80-77-74-71-68-65-62-59-56-51-42-39-36-33-30-27-24-21-18-15-12-9-6-3)94-112-100(105)88-85-82-79-76-73-70-67-64-61-58-55-52-49-44-41-38-35-32-29-26-23-20-17-14-11-8-5-2/h7-8,10-11,16-21,25-30,34-39,43-45,49,51,55-56,58,96-98,102-103H,4-6,9,12-15,22-24,31-33,40-42,46-48,50,52-54,57,59-95H2,1-3H3,(H,107,108)(H,109,110)/b10-7-,11-8-,19-16-,20-17-,21-18-,28-25-,29-26-,30-27-,37-34-,38-35-,39-36-,45-43-,49-44-,56-51-,58-55-. The lowest BCUT2D eigenvalue weighted by molar-refractivity contribution is -0.161. The number of hydrogen-bond donors (Lipinski definition) is 4. The number of carbonyl (C=O) groups excluding carboxylic acids is 3. The number of phosphoric acid groups is 2. The monoisotopic (exact) mass is 1700 g/mol. The first-order chi connectivity index (χ1) is 58.2. The van der Waals surface area contributed by atoms with E-state index in [0.29, 0.717) is 19.3 Å². The Morgan fingerprint density at radius 3 is 0.706 bits per heavy atom. The number of carbonyl (C=O) groups is 3. The minimum Gasteiger partial charge on any atom is -0.463 e. The smallest absolute Gasteiger partial charge is 0.463 e. The van der Waals surface area contributed by atoms with E-state index in [4.69, 9.17) is 32.3 Å². The van der Waals surface area contributed by atoms with Crippen molar-refractivity contribution in [3.63, 3.8) is 0 Å². The molecule has 16 nitrogen and oxygen atoms in total. The number of aliphatic hydroxyl groups excluding tert-OH is 2. The second-order valence-electron chi connectivity index (χ2n) is 31.0. The number of esters is 3. The molecule has 0 saturated heterocycles. The van der Waals surface area contributed by atoms with Crippen LogP contribution in [0.1, 0.15) is 380 Å². The van der Waals surface area contributed by atoms with Crippen LogP contribution in [-0.2, 0) is 55.8 Å². The number of hydrogen-bond acceptors (Lipinski definition) is 14. The molecule has 0 aliphatic rings. The second-order valence-corrected chi connectivity index (χ2v) is 34.0. The van der Waals surface area contributed by atoms with Crippen LogP contribution in [0.2, 0.25) is 0 Å². The number of unbranched alkanes of at least 4 members (excludes halogenated alkanes) is 35. The number of rotatable bonds is 88. The molecule has 0 rings (SSSR count). The van der Waals surface area contributed by atoms with Gasteiger partial charge in [0.2, 0.25) is 0 Å². The molecule has 119 heavy (non-hydrogen) atoms. The zero-order valence-electron chi connectivity index (χ0n) is 75.0. The lowest BCUT2D eigenvalue weighted by Crippen LogP contribution is -2.30. The second kappa shape index (κ2) is 91.8. The van der Waals surface area contributed by atoms with Crippen LogP contribution >= 0.6 is 15.6 Å². The molecule has 0 heterocycles. The Labute approximate surface area is 725 Å². The third kappa shape index (κ3) is 93.2. The molecule has 18 heteroatoms. The summed E-state index contributed by atoms with van der Waals surface area (Å²) in [7, 11) is -9.82. The summed E-state index contributed by atoms with van der Waals surface area (Å²) in [6.45, 7) is 2.45. The molecule has 680 valence electrons. The van der Waals surface area contributed by atoms with E-state index in [1.165, 1.54) is 135 Å². The van der Waals surface area contributed by atoms with Gasteiger partial charge in [-0.2, -0.15) is 0 Å². The largest absolute Gasteiger partial charge is 0.472 e. The average Bonchev–Trinajstić information content (AvgIpc) is 0.902. The molecule has 0 saturated carbocycles. The van der Waals surface area contributed by atoms with Crippen molar-refractivity contribution in [1.29, 1.82) is 0 Å². The van der Waals surface area contributed by atoms with Crippen LogP contribution in [0.3, 0.4) is 0 Å². The van der Waals surface area contributed by atoms with E-state index in [1.54, 1.807) is 0 Å². The molecule has 0 aromatic rings. The van der Waals surface area contributed by atoms with Gasteiger partial charge in [0.15, 0.2) is 6.10 Å². The van der Waals surface area contributed by atoms with Gasteiger partial charge in [0.1, 0.15) is 25.4 Å². The fourth-order valence-corrected chi connectivity index (χ4v) is 14.1. The highest BCUT2D eigenvalue weighted by Gasteiger charge is 2.29. The van der Waals surface area contributed by atoms with Gasteiger partial charge in [-0.3, -0.25) is 32.5 Å². The molecular weight excluding hydrogens is 1530 g/mol. The highest BCUT2D eigenvalue weighted by molar-refractivity contribution is 7.47. The summed E-state index contributed by atoms with van der Waals surface area (Å²) in [5.74, 6) is -1.59. The molecule has 5 unspecified atom stereocenters. The van der Waals surface area contributed by atoms with Crippen molar-refractivity contribution in [2.24, 2.45) is 0 Å². The molecule has 0 aromatic carbocycles. The quantitative estimate of drug-likeness (QED) is 0.0146. The molecular formula is C101H170O16P2. The van der Waals surface area contributed by atoms with Crippen molar-refractivity contribution in [1.82, 2.24) is 0 Å². The van der Waals surface area contributed by atoms with Crippen LogP contribution in [0.4, 0.5) is 0 Å². The SMILES string of the molecule is CC/C=C\C/C=C\C/C=C\C/C=C\C/C=C\C/C=C\CCCCCCCCCCC(=O)OCC(COP(=O)(O)OCC(O)COP(=O)(O)OCC(O)COC(=O)CCCCCCCCCCCCCCCCC/C=C\C/C=C\C/C=C\C/C=C\C/C=C\CC)OC(=O)CCCCCCCCCCC/C=C\C/C=C\C/C=C\C/C=C\CCCCC. The number of allylic oxidation sites excluding steroid dienone is 30. The van der Waals surface area contributed by atoms with Gasteiger partial charge in [-0.15, -0.1) is 0 Å². The molecule has 0 spiro atoms. The molecule has 0 amide bonds. The van der Waals surface area contributed by atoms with E-state index < -0.39 is 91.5 Å². The van der Waals surface area contributed by atoms with E-state index in [9.17, 15) is 43.5 Å². The Hall–Kier alpha value is -5.35. The fraction of sp³-hybridized carbons (Fsp3) is 0.673. The summed E-state index contributed by atoms with van der Waals surface area (Å²) >= 11 is 0. The lowest BCUT2D eigenvalue weighted by atomic mass is 10.0. The fourth-order valence-electron chi connectivity index (χ4n) is 12.5. The van der Waals surface area contributed by atoms with Gasteiger partial charge >= 0.3 is 33.6 Å². The summed E-state index contributed by atoms with van der Waals surface area (Å²) in [5, 5.41) is 20.8. The van der Waals surface area contributed by atoms with Crippen molar-refractivity contribution in [3.8, 4) is 0 Å². The number of phosphoric ester groups is 2. The van der Waals surface area contributed by atoms with E-state index in [-0.39, 0.29) is 19.3 Å². The molecule has 0 radical (unpaired) electrons. The van der Waals surface area contributed by atoms with Crippen LogP contribution < -0.4 is 0 Å². The third-order valence-corrected chi connectivity index (χ3v) is 21.5. The van der Waals surface area contributed by atoms with E-state index in [0.717, 1.165) is 186 Å². The van der Waals surface area contributed by atoms with Crippen LogP contribution in [0, 0.1) is 0 Å². The van der Waals surface area contributed by atoms with Gasteiger partial charge in [0.05, 0.1) is 26.4 Å². The predicted octanol–water partition coefficient (Wildman–Crippen LogP) is 29.2.